The predicted octanol–water partition coefficient (Wildman–Crippen LogP) is 3.49. The molecular formula is C14H12F3N. The van der Waals surface area contributed by atoms with Gasteiger partial charge < -0.3 is 5.32 Å². The second-order valence-electron chi connectivity index (χ2n) is 3.98. The fourth-order valence-corrected chi connectivity index (χ4v) is 1.86. The van der Waals surface area contributed by atoms with Crippen LogP contribution in [0, 0.1) is 17.5 Å². The van der Waals surface area contributed by atoms with Crippen LogP contribution >= 0.6 is 0 Å². The molecule has 0 amide bonds. The first-order valence-electron chi connectivity index (χ1n) is 5.50. The Bertz CT molecular complexity index is 544. The van der Waals surface area contributed by atoms with Gasteiger partial charge in [-0.3, -0.25) is 0 Å². The Morgan fingerprint density at radius 3 is 2.28 bits per heavy atom. The molecule has 0 aliphatic heterocycles. The predicted molar refractivity (Wildman–Crippen MR) is 64.5 cm³/mol. The van der Waals surface area contributed by atoms with Gasteiger partial charge in [0.1, 0.15) is 17.5 Å². The minimum absolute atomic E-state index is 0.200. The third kappa shape index (κ3) is 2.54. The van der Waals surface area contributed by atoms with E-state index in [1.807, 2.05) is 6.07 Å². The molecule has 2 rings (SSSR count). The van der Waals surface area contributed by atoms with Crippen LogP contribution in [0.15, 0.2) is 36.4 Å². The second kappa shape index (κ2) is 5.23. The van der Waals surface area contributed by atoms with Crippen LogP contribution in [0.5, 0.6) is 0 Å². The van der Waals surface area contributed by atoms with E-state index < -0.39 is 17.5 Å². The van der Waals surface area contributed by atoms with Gasteiger partial charge in [0.15, 0.2) is 0 Å². The SMILES string of the molecule is CNCc1cccc(-c2c(F)cc(F)cc2F)c1. The summed E-state index contributed by atoms with van der Waals surface area (Å²) in [6, 6.07) is 8.20. The summed E-state index contributed by atoms with van der Waals surface area (Å²) in [7, 11) is 1.78. The molecule has 18 heavy (non-hydrogen) atoms. The smallest absolute Gasteiger partial charge is 0.136 e. The molecule has 0 radical (unpaired) electrons. The maximum atomic E-state index is 13.6. The van der Waals surface area contributed by atoms with E-state index in [1.54, 1.807) is 25.2 Å². The van der Waals surface area contributed by atoms with Crippen molar-refractivity contribution in [1.82, 2.24) is 5.32 Å². The third-order valence-corrected chi connectivity index (χ3v) is 2.60. The van der Waals surface area contributed by atoms with Crippen molar-refractivity contribution in [3.8, 4) is 11.1 Å². The highest BCUT2D eigenvalue weighted by Crippen LogP contribution is 2.27. The van der Waals surface area contributed by atoms with Gasteiger partial charge in [-0.2, -0.15) is 0 Å². The standard InChI is InChI=1S/C14H12F3N/c1-18-8-9-3-2-4-10(5-9)14-12(16)6-11(15)7-13(14)17/h2-7,18H,8H2,1H3. The summed E-state index contributed by atoms with van der Waals surface area (Å²) in [5, 5.41) is 2.95. The summed E-state index contributed by atoms with van der Waals surface area (Å²) in [5.41, 5.74) is 1.10. The lowest BCUT2D eigenvalue weighted by molar-refractivity contribution is 0.548. The first kappa shape index (κ1) is 12.6. The summed E-state index contributed by atoms with van der Waals surface area (Å²) >= 11 is 0. The van der Waals surface area contributed by atoms with Crippen molar-refractivity contribution >= 4 is 0 Å². The van der Waals surface area contributed by atoms with Crippen LogP contribution in [0.25, 0.3) is 11.1 Å². The van der Waals surface area contributed by atoms with E-state index in [-0.39, 0.29) is 5.56 Å². The number of nitrogens with one attached hydrogen (secondary N) is 1. The minimum Gasteiger partial charge on any atom is -0.316 e. The number of hydrogen-bond donors (Lipinski definition) is 1. The maximum Gasteiger partial charge on any atom is 0.136 e. The van der Waals surface area contributed by atoms with Crippen molar-refractivity contribution in [1.29, 1.82) is 0 Å². The average molecular weight is 251 g/mol. The van der Waals surface area contributed by atoms with Crippen molar-refractivity contribution in [2.75, 3.05) is 7.05 Å². The molecular weight excluding hydrogens is 239 g/mol. The van der Waals surface area contributed by atoms with Crippen LogP contribution in [0.4, 0.5) is 13.2 Å². The third-order valence-electron chi connectivity index (χ3n) is 2.60. The van der Waals surface area contributed by atoms with Crippen molar-refractivity contribution in [3.05, 3.63) is 59.4 Å². The molecule has 0 spiro atoms. The van der Waals surface area contributed by atoms with E-state index in [9.17, 15) is 13.2 Å². The van der Waals surface area contributed by atoms with Crippen LogP contribution in [0.1, 0.15) is 5.56 Å². The van der Waals surface area contributed by atoms with Crippen LogP contribution in [-0.4, -0.2) is 7.05 Å². The van der Waals surface area contributed by atoms with E-state index in [1.165, 1.54) is 0 Å². The molecule has 0 saturated heterocycles. The van der Waals surface area contributed by atoms with E-state index in [0.29, 0.717) is 24.2 Å². The molecule has 0 aromatic heterocycles. The molecule has 0 atom stereocenters. The second-order valence-corrected chi connectivity index (χ2v) is 3.98. The van der Waals surface area contributed by atoms with Gasteiger partial charge in [0.25, 0.3) is 0 Å². The number of rotatable bonds is 3. The van der Waals surface area contributed by atoms with Crippen molar-refractivity contribution in [2.24, 2.45) is 0 Å². The Morgan fingerprint density at radius 1 is 1.00 bits per heavy atom. The molecule has 0 bridgehead atoms. The van der Waals surface area contributed by atoms with Gasteiger partial charge >= 0.3 is 0 Å². The van der Waals surface area contributed by atoms with Gasteiger partial charge in [-0.25, -0.2) is 13.2 Å². The van der Waals surface area contributed by atoms with Crippen molar-refractivity contribution in [2.45, 2.75) is 6.54 Å². The summed E-state index contributed by atoms with van der Waals surface area (Å²) < 4.78 is 40.1. The van der Waals surface area contributed by atoms with Crippen LogP contribution in [0.3, 0.4) is 0 Å². The first-order chi connectivity index (χ1) is 8.61. The van der Waals surface area contributed by atoms with Crippen LogP contribution < -0.4 is 5.32 Å². The normalized spacial score (nSPS) is 10.7. The maximum absolute atomic E-state index is 13.6. The summed E-state index contributed by atoms with van der Waals surface area (Å²) in [4.78, 5) is 0. The fourth-order valence-electron chi connectivity index (χ4n) is 1.86. The Morgan fingerprint density at radius 2 is 1.67 bits per heavy atom. The molecule has 2 aromatic rings. The van der Waals surface area contributed by atoms with Gasteiger partial charge in [0, 0.05) is 18.7 Å². The highest BCUT2D eigenvalue weighted by molar-refractivity contribution is 5.65. The molecule has 94 valence electrons. The zero-order chi connectivity index (χ0) is 13.1. The Kier molecular flexibility index (Phi) is 3.67. The lowest BCUT2D eigenvalue weighted by atomic mass is 10.0. The number of halogens is 3. The highest BCUT2D eigenvalue weighted by atomic mass is 19.1. The van der Waals surface area contributed by atoms with E-state index in [2.05, 4.69) is 5.32 Å². The highest BCUT2D eigenvalue weighted by Gasteiger charge is 2.13. The van der Waals surface area contributed by atoms with Gasteiger partial charge in [-0.05, 0) is 24.2 Å². The Hall–Kier alpha value is -1.81. The van der Waals surface area contributed by atoms with Gasteiger partial charge in [0.2, 0.25) is 0 Å². The minimum atomic E-state index is -0.917. The molecule has 2 aromatic carbocycles. The molecule has 0 aliphatic rings. The molecule has 0 fully saturated rings. The summed E-state index contributed by atoms with van der Waals surface area (Å²) in [5.74, 6) is -2.71. The van der Waals surface area contributed by atoms with E-state index in [0.717, 1.165) is 5.56 Å². The van der Waals surface area contributed by atoms with E-state index >= 15 is 0 Å². The molecule has 1 N–H and O–H groups in total. The topological polar surface area (TPSA) is 12.0 Å². The lowest BCUT2D eigenvalue weighted by Crippen LogP contribution is -2.05. The van der Waals surface area contributed by atoms with Crippen molar-refractivity contribution in [3.63, 3.8) is 0 Å². The number of benzene rings is 2. The van der Waals surface area contributed by atoms with E-state index in [4.69, 9.17) is 0 Å². The van der Waals surface area contributed by atoms with Crippen LogP contribution in [0.2, 0.25) is 0 Å². The molecule has 4 heteroatoms. The van der Waals surface area contributed by atoms with Gasteiger partial charge in [0.05, 0.1) is 5.56 Å². The Balaban J connectivity index is 2.51. The average Bonchev–Trinajstić information content (AvgIpc) is 2.28. The zero-order valence-electron chi connectivity index (χ0n) is 9.81. The van der Waals surface area contributed by atoms with Crippen molar-refractivity contribution < 1.29 is 13.2 Å². The first-order valence-corrected chi connectivity index (χ1v) is 5.50. The van der Waals surface area contributed by atoms with Crippen LogP contribution in [-0.2, 0) is 6.54 Å². The summed E-state index contributed by atoms with van der Waals surface area (Å²) in [6.07, 6.45) is 0. The lowest BCUT2D eigenvalue weighted by Gasteiger charge is -2.08. The molecule has 0 saturated carbocycles. The summed E-state index contributed by atoms with van der Waals surface area (Å²) in [6.45, 7) is 0.596. The van der Waals surface area contributed by atoms with Gasteiger partial charge in [-0.15, -0.1) is 0 Å². The number of hydrogen-bond acceptors (Lipinski definition) is 1. The Labute approximate surface area is 103 Å². The molecule has 0 heterocycles. The molecule has 0 unspecified atom stereocenters. The zero-order valence-corrected chi connectivity index (χ0v) is 9.81. The molecule has 0 aliphatic carbocycles. The molecule has 1 nitrogen and oxygen atoms in total. The fraction of sp³-hybridized carbons (Fsp3) is 0.143. The van der Waals surface area contributed by atoms with Gasteiger partial charge in [-0.1, -0.05) is 18.2 Å². The quantitative estimate of drug-likeness (QED) is 0.880. The largest absolute Gasteiger partial charge is 0.316 e. The monoisotopic (exact) mass is 251 g/mol.